The van der Waals surface area contributed by atoms with Crippen molar-refractivity contribution in [2.45, 2.75) is 33.2 Å². The van der Waals surface area contributed by atoms with E-state index < -0.39 is 11.8 Å². The number of carbonyl (C=O) groups is 2. The molecule has 2 aromatic heterocycles. The van der Waals surface area contributed by atoms with Crippen molar-refractivity contribution >= 4 is 29.1 Å². The molecule has 0 fully saturated rings. The molecule has 0 aliphatic heterocycles. The van der Waals surface area contributed by atoms with Gasteiger partial charge in [0.05, 0.1) is 22.8 Å². The second-order valence-electron chi connectivity index (χ2n) is 6.94. The lowest BCUT2D eigenvalue weighted by molar-refractivity contribution is 0.0986. The van der Waals surface area contributed by atoms with Crippen LogP contribution in [0.1, 0.15) is 50.0 Å². The van der Waals surface area contributed by atoms with E-state index in [-0.39, 0.29) is 23.0 Å². The summed E-state index contributed by atoms with van der Waals surface area (Å²) >= 11 is 6.12. The number of halogens is 1. The number of amides is 2. The normalized spacial score (nSPS) is 10.9. The van der Waals surface area contributed by atoms with Crippen LogP contribution in [0, 0.1) is 13.8 Å². The molecule has 0 unspecified atom stereocenters. The summed E-state index contributed by atoms with van der Waals surface area (Å²) in [5.74, 6) is -0.470. The molecule has 0 aliphatic carbocycles. The maximum Gasteiger partial charge on any atom is 0.291 e. The summed E-state index contributed by atoms with van der Waals surface area (Å²) in [6, 6.07) is 8.35. The molecule has 3 aromatic rings. The number of aliphatic hydroxyl groups excluding tert-OH is 1. The van der Waals surface area contributed by atoms with Gasteiger partial charge in [-0.25, -0.2) is 0 Å². The highest BCUT2D eigenvalue weighted by Crippen LogP contribution is 2.29. The zero-order chi connectivity index (χ0) is 21.8. The summed E-state index contributed by atoms with van der Waals surface area (Å²) in [5.41, 5.74) is 8.36. The Morgan fingerprint density at radius 3 is 2.67 bits per heavy atom. The fourth-order valence-corrected chi connectivity index (χ4v) is 3.54. The number of anilines is 1. The smallest absolute Gasteiger partial charge is 0.291 e. The van der Waals surface area contributed by atoms with Gasteiger partial charge in [0.15, 0.2) is 5.76 Å². The Hall–Kier alpha value is -3.10. The van der Waals surface area contributed by atoms with Crippen molar-refractivity contribution in [2.75, 3.05) is 11.9 Å². The minimum Gasteiger partial charge on any atom is -0.454 e. The number of rotatable bonds is 8. The highest BCUT2D eigenvalue weighted by atomic mass is 35.5. The number of carbonyl (C=O) groups excluding carboxylic acids is 2. The van der Waals surface area contributed by atoms with Crippen molar-refractivity contribution in [1.29, 1.82) is 0 Å². The average Bonchev–Trinajstić information content (AvgIpc) is 3.27. The van der Waals surface area contributed by atoms with Gasteiger partial charge in [-0.3, -0.25) is 14.3 Å². The van der Waals surface area contributed by atoms with Gasteiger partial charge in [0.25, 0.3) is 11.8 Å². The van der Waals surface area contributed by atoms with Gasteiger partial charge in [0.1, 0.15) is 5.76 Å². The Balaban J connectivity index is 1.82. The lowest BCUT2D eigenvalue weighted by atomic mass is 10.00. The van der Waals surface area contributed by atoms with E-state index in [0.29, 0.717) is 36.4 Å². The molecule has 0 saturated heterocycles. The number of aryl methyl sites for hydroxylation is 2. The Morgan fingerprint density at radius 2 is 2.03 bits per heavy atom. The number of aromatic nitrogens is 2. The first-order valence-electron chi connectivity index (χ1n) is 9.43. The van der Waals surface area contributed by atoms with Crippen molar-refractivity contribution in [3.63, 3.8) is 0 Å². The molecular weight excluding hydrogens is 408 g/mol. The average molecular weight is 431 g/mol. The zero-order valence-electron chi connectivity index (χ0n) is 16.7. The number of aliphatic hydroxyl groups is 1. The van der Waals surface area contributed by atoms with Gasteiger partial charge in [-0.05, 0) is 62.6 Å². The van der Waals surface area contributed by atoms with Crippen LogP contribution >= 0.6 is 11.6 Å². The molecule has 30 heavy (non-hydrogen) atoms. The summed E-state index contributed by atoms with van der Waals surface area (Å²) < 4.78 is 7.47. The second kappa shape index (κ2) is 9.15. The lowest BCUT2D eigenvalue weighted by Crippen LogP contribution is -2.19. The van der Waals surface area contributed by atoms with Gasteiger partial charge in [-0.15, -0.1) is 0 Å². The van der Waals surface area contributed by atoms with Crippen molar-refractivity contribution < 1.29 is 19.1 Å². The van der Waals surface area contributed by atoms with Crippen LogP contribution in [0.4, 0.5) is 5.69 Å². The predicted molar refractivity (Wildman–Crippen MR) is 113 cm³/mol. The third-order valence-corrected chi connectivity index (χ3v) is 4.95. The van der Waals surface area contributed by atoms with E-state index in [1.165, 1.54) is 6.07 Å². The minimum atomic E-state index is -0.700. The Morgan fingerprint density at radius 1 is 1.27 bits per heavy atom. The maximum absolute atomic E-state index is 12.7. The van der Waals surface area contributed by atoms with E-state index in [1.54, 1.807) is 22.9 Å². The Kier molecular flexibility index (Phi) is 6.59. The molecule has 9 heteroatoms. The summed E-state index contributed by atoms with van der Waals surface area (Å²) in [5, 5.41) is 16.5. The second-order valence-corrected chi connectivity index (χ2v) is 7.35. The highest BCUT2D eigenvalue weighted by molar-refractivity contribution is 6.34. The molecule has 0 bridgehead atoms. The van der Waals surface area contributed by atoms with Crippen molar-refractivity contribution in [1.82, 2.24) is 9.78 Å². The number of primary amides is 1. The molecule has 0 aliphatic rings. The molecule has 158 valence electrons. The first-order valence-corrected chi connectivity index (χ1v) is 9.81. The summed E-state index contributed by atoms with van der Waals surface area (Å²) in [6.45, 7) is 4.18. The monoisotopic (exact) mass is 430 g/mol. The van der Waals surface area contributed by atoms with Crippen LogP contribution in [0.2, 0.25) is 5.02 Å². The number of nitrogens with two attached hydrogens (primary N) is 1. The molecule has 8 nitrogen and oxygen atoms in total. The van der Waals surface area contributed by atoms with Crippen LogP contribution in [0.3, 0.4) is 0 Å². The number of hydrogen-bond acceptors (Lipinski definition) is 5. The van der Waals surface area contributed by atoms with E-state index in [4.69, 9.17) is 26.9 Å². The van der Waals surface area contributed by atoms with E-state index in [9.17, 15) is 9.59 Å². The summed E-state index contributed by atoms with van der Waals surface area (Å²) in [7, 11) is 0. The molecular formula is C21H23ClN4O4. The number of furan rings is 1. The largest absolute Gasteiger partial charge is 0.454 e. The Labute approximate surface area is 178 Å². The SMILES string of the molecule is Cc1cc(C)n(Cc2ccc(C(=O)Nc3ccc(Cl)c(C(N)=O)c3CCCO)o2)n1. The fraction of sp³-hybridized carbons (Fsp3) is 0.286. The molecule has 0 radical (unpaired) electrons. The quantitative estimate of drug-likeness (QED) is 0.506. The van der Waals surface area contributed by atoms with Crippen molar-refractivity contribution in [3.05, 3.63) is 69.4 Å². The standard InChI is InChI=1S/C21H23ClN4O4/c1-12-10-13(2)26(25-12)11-14-5-8-18(30-14)21(29)24-17-7-6-16(22)19(20(23)28)15(17)4-3-9-27/h5-8,10,27H,3-4,9,11H2,1-2H3,(H2,23,28)(H,24,29). The molecule has 1 aromatic carbocycles. The third-order valence-electron chi connectivity index (χ3n) is 4.64. The van der Waals surface area contributed by atoms with E-state index in [2.05, 4.69) is 10.4 Å². The molecule has 0 atom stereocenters. The first kappa shape index (κ1) is 21.6. The molecule has 2 amide bonds. The van der Waals surface area contributed by atoms with Crippen molar-refractivity contribution in [3.8, 4) is 0 Å². The van der Waals surface area contributed by atoms with Crippen LogP contribution in [0.25, 0.3) is 0 Å². The first-order chi connectivity index (χ1) is 14.3. The van der Waals surface area contributed by atoms with Crippen LogP contribution in [-0.2, 0) is 13.0 Å². The van der Waals surface area contributed by atoms with Gasteiger partial charge >= 0.3 is 0 Å². The predicted octanol–water partition coefficient (Wildman–Crippen LogP) is 3.07. The number of nitrogens with zero attached hydrogens (tertiary/aromatic N) is 2. The highest BCUT2D eigenvalue weighted by Gasteiger charge is 2.20. The zero-order valence-corrected chi connectivity index (χ0v) is 17.5. The molecule has 0 saturated carbocycles. The minimum absolute atomic E-state index is 0.0774. The van der Waals surface area contributed by atoms with E-state index >= 15 is 0 Å². The summed E-state index contributed by atoms with van der Waals surface area (Å²) in [4.78, 5) is 24.6. The van der Waals surface area contributed by atoms with Gasteiger partial charge in [0, 0.05) is 18.0 Å². The van der Waals surface area contributed by atoms with E-state index in [1.807, 2.05) is 19.9 Å². The number of benzene rings is 1. The molecule has 0 spiro atoms. The van der Waals surface area contributed by atoms with Gasteiger partial charge in [0.2, 0.25) is 0 Å². The van der Waals surface area contributed by atoms with Gasteiger partial charge in [-0.1, -0.05) is 11.6 Å². The molecule has 2 heterocycles. The van der Waals surface area contributed by atoms with Gasteiger partial charge < -0.3 is 20.6 Å². The number of hydrogen-bond donors (Lipinski definition) is 3. The van der Waals surface area contributed by atoms with E-state index in [0.717, 1.165) is 11.4 Å². The Bertz CT molecular complexity index is 1090. The maximum atomic E-state index is 12.7. The van der Waals surface area contributed by atoms with Crippen LogP contribution < -0.4 is 11.1 Å². The molecule has 4 N–H and O–H groups in total. The topological polar surface area (TPSA) is 123 Å². The third kappa shape index (κ3) is 4.72. The molecule has 3 rings (SSSR count). The van der Waals surface area contributed by atoms with Crippen LogP contribution in [-0.4, -0.2) is 33.3 Å². The van der Waals surface area contributed by atoms with Gasteiger partial charge in [-0.2, -0.15) is 5.10 Å². The lowest BCUT2D eigenvalue weighted by Gasteiger charge is -2.15. The van der Waals surface area contributed by atoms with Crippen molar-refractivity contribution in [2.24, 2.45) is 5.73 Å². The summed E-state index contributed by atoms with van der Waals surface area (Å²) in [6.07, 6.45) is 0.712. The van der Waals surface area contributed by atoms with Crippen LogP contribution in [0.5, 0.6) is 0 Å². The number of nitrogens with one attached hydrogen (secondary N) is 1. The fourth-order valence-electron chi connectivity index (χ4n) is 3.27. The van der Waals surface area contributed by atoms with Crippen LogP contribution in [0.15, 0.2) is 34.7 Å².